The summed E-state index contributed by atoms with van der Waals surface area (Å²) < 4.78 is 15.1. The molecule has 0 bridgehead atoms. The fourth-order valence-electron chi connectivity index (χ4n) is 2.85. The van der Waals surface area contributed by atoms with Crippen LogP contribution in [-0.4, -0.2) is 20.4 Å². The Hall–Kier alpha value is -3.06. The van der Waals surface area contributed by atoms with Gasteiger partial charge in [-0.1, -0.05) is 12.1 Å². The number of imidazole rings is 1. The Kier molecular flexibility index (Phi) is 4.22. The Morgan fingerprint density at radius 2 is 2.12 bits per heavy atom. The zero-order valence-electron chi connectivity index (χ0n) is 13.9. The normalized spacial score (nSPS) is 11.0. The molecule has 26 heavy (non-hydrogen) atoms. The van der Waals surface area contributed by atoms with Gasteiger partial charge in [-0.25, -0.2) is 14.4 Å². The number of fused-ring (bicyclic) bond motifs is 1. The van der Waals surface area contributed by atoms with E-state index in [9.17, 15) is 9.18 Å². The van der Waals surface area contributed by atoms with Gasteiger partial charge in [-0.2, -0.15) is 0 Å². The first-order valence-electron chi connectivity index (χ1n) is 8.01. The molecule has 0 aliphatic heterocycles. The Morgan fingerprint density at radius 3 is 2.88 bits per heavy atom. The van der Waals surface area contributed by atoms with Crippen LogP contribution in [0.2, 0.25) is 0 Å². The van der Waals surface area contributed by atoms with Gasteiger partial charge in [0.1, 0.15) is 18.1 Å². The van der Waals surface area contributed by atoms with Crippen molar-refractivity contribution in [1.82, 2.24) is 14.5 Å². The average molecular weight is 366 g/mol. The van der Waals surface area contributed by atoms with E-state index in [0.717, 1.165) is 16.7 Å². The van der Waals surface area contributed by atoms with Gasteiger partial charge in [0.2, 0.25) is 5.91 Å². The summed E-state index contributed by atoms with van der Waals surface area (Å²) in [5.41, 5.74) is 5.41. The lowest BCUT2D eigenvalue weighted by atomic mass is 10.2. The van der Waals surface area contributed by atoms with E-state index >= 15 is 0 Å². The van der Waals surface area contributed by atoms with Gasteiger partial charge in [-0.05, 0) is 42.8 Å². The van der Waals surface area contributed by atoms with Gasteiger partial charge in [-0.15, -0.1) is 11.3 Å². The Bertz CT molecular complexity index is 1090. The zero-order chi connectivity index (χ0) is 18.1. The molecule has 0 saturated carbocycles. The van der Waals surface area contributed by atoms with Gasteiger partial charge < -0.3 is 9.88 Å². The molecular formula is C19H15FN4OS. The third-order valence-corrected chi connectivity index (χ3v) is 4.67. The SMILES string of the molecule is Cc1cc(F)ccc1NC(=O)Cn1c(-c2cscn2)nc2ccccc21. The summed E-state index contributed by atoms with van der Waals surface area (Å²) >= 11 is 1.48. The van der Waals surface area contributed by atoms with E-state index in [1.165, 1.54) is 23.5 Å². The highest BCUT2D eigenvalue weighted by atomic mass is 32.1. The van der Waals surface area contributed by atoms with Crippen molar-refractivity contribution < 1.29 is 9.18 Å². The predicted molar refractivity (Wildman–Crippen MR) is 101 cm³/mol. The molecule has 1 amide bonds. The van der Waals surface area contributed by atoms with Crippen LogP contribution < -0.4 is 5.32 Å². The standard InChI is InChI=1S/C19H15FN4OS/c1-12-8-13(20)6-7-14(12)22-18(25)9-24-17-5-3-2-4-15(17)23-19(24)16-10-26-11-21-16/h2-8,10-11H,9H2,1H3,(H,22,25). The number of anilines is 1. The van der Waals surface area contributed by atoms with Crippen molar-refractivity contribution in [2.24, 2.45) is 0 Å². The predicted octanol–water partition coefficient (Wildman–Crippen LogP) is 4.25. The highest BCUT2D eigenvalue weighted by molar-refractivity contribution is 7.07. The third kappa shape index (κ3) is 3.09. The van der Waals surface area contributed by atoms with Gasteiger partial charge >= 0.3 is 0 Å². The molecule has 0 spiro atoms. The zero-order valence-corrected chi connectivity index (χ0v) is 14.8. The number of hydrogen-bond acceptors (Lipinski definition) is 4. The minimum Gasteiger partial charge on any atom is -0.324 e. The molecule has 130 valence electrons. The van der Waals surface area contributed by atoms with Gasteiger partial charge in [0.05, 0.1) is 16.5 Å². The number of amides is 1. The lowest BCUT2D eigenvalue weighted by molar-refractivity contribution is -0.116. The quantitative estimate of drug-likeness (QED) is 0.587. The monoisotopic (exact) mass is 366 g/mol. The van der Waals surface area contributed by atoms with Crippen LogP contribution in [0.3, 0.4) is 0 Å². The van der Waals surface area contributed by atoms with E-state index in [1.807, 2.05) is 34.2 Å². The van der Waals surface area contributed by atoms with Crippen LogP contribution in [-0.2, 0) is 11.3 Å². The number of rotatable bonds is 4. The van der Waals surface area contributed by atoms with E-state index in [1.54, 1.807) is 18.5 Å². The van der Waals surface area contributed by atoms with Crippen molar-refractivity contribution in [2.45, 2.75) is 13.5 Å². The largest absolute Gasteiger partial charge is 0.324 e. The number of nitrogens with one attached hydrogen (secondary N) is 1. The fourth-order valence-corrected chi connectivity index (χ4v) is 3.39. The molecule has 2 aromatic carbocycles. The number of nitrogens with zero attached hydrogens (tertiary/aromatic N) is 3. The van der Waals surface area contributed by atoms with Crippen molar-refractivity contribution in [3.63, 3.8) is 0 Å². The smallest absolute Gasteiger partial charge is 0.244 e. The minimum atomic E-state index is -0.327. The van der Waals surface area contributed by atoms with Crippen molar-refractivity contribution in [1.29, 1.82) is 0 Å². The lowest BCUT2D eigenvalue weighted by Gasteiger charge is -2.11. The molecule has 4 rings (SSSR count). The lowest BCUT2D eigenvalue weighted by Crippen LogP contribution is -2.20. The number of benzene rings is 2. The van der Waals surface area contributed by atoms with E-state index < -0.39 is 0 Å². The van der Waals surface area contributed by atoms with Crippen LogP contribution in [0.4, 0.5) is 10.1 Å². The number of aryl methyl sites for hydroxylation is 1. The minimum absolute atomic E-state index is 0.0875. The Labute approximate surface area is 153 Å². The van der Waals surface area contributed by atoms with E-state index in [2.05, 4.69) is 15.3 Å². The summed E-state index contributed by atoms with van der Waals surface area (Å²) in [6.07, 6.45) is 0. The van der Waals surface area contributed by atoms with Crippen LogP contribution >= 0.6 is 11.3 Å². The number of hydrogen-bond donors (Lipinski definition) is 1. The van der Waals surface area contributed by atoms with Gasteiger partial charge in [-0.3, -0.25) is 4.79 Å². The number of thiazole rings is 1. The van der Waals surface area contributed by atoms with E-state index in [4.69, 9.17) is 0 Å². The average Bonchev–Trinajstić information content (AvgIpc) is 3.26. The van der Waals surface area contributed by atoms with Crippen molar-refractivity contribution in [3.05, 3.63) is 64.7 Å². The number of carbonyl (C=O) groups excluding carboxylic acids is 1. The van der Waals surface area contributed by atoms with Crippen LogP contribution in [0.25, 0.3) is 22.6 Å². The summed E-state index contributed by atoms with van der Waals surface area (Å²) in [7, 11) is 0. The molecule has 2 heterocycles. The first-order chi connectivity index (χ1) is 12.6. The summed E-state index contributed by atoms with van der Waals surface area (Å²) in [6.45, 7) is 1.84. The maximum absolute atomic E-state index is 13.2. The maximum Gasteiger partial charge on any atom is 0.244 e. The summed E-state index contributed by atoms with van der Waals surface area (Å²) in [4.78, 5) is 21.6. The van der Waals surface area contributed by atoms with Gasteiger partial charge in [0.15, 0.2) is 5.82 Å². The number of carbonyl (C=O) groups is 1. The molecule has 0 radical (unpaired) electrons. The molecule has 0 unspecified atom stereocenters. The van der Waals surface area contributed by atoms with Crippen LogP contribution in [0, 0.1) is 12.7 Å². The van der Waals surface area contributed by atoms with Gasteiger partial charge in [0, 0.05) is 11.1 Å². The summed E-state index contributed by atoms with van der Waals surface area (Å²) in [5.74, 6) is 0.115. The fraction of sp³-hybridized carbons (Fsp3) is 0.105. The Morgan fingerprint density at radius 1 is 1.27 bits per heavy atom. The number of halogens is 1. The molecule has 0 aliphatic rings. The van der Waals surface area contributed by atoms with Crippen molar-refractivity contribution >= 4 is 34.0 Å². The molecule has 0 fully saturated rings. The Balaban J connectivity index is 1.68. The molecular weight excluding hydrogens is 351 g/mol. The molecule has 5 nitrogen and oxygen atoms in total. The van der Waals surface area contributed by atoms with Crippen LogP contribution in [0.15, 0.2) is 53.4 Å². The summed E-state index contributed by atoms with van der Waals surface area (Å²) in [6, 6.07) is 11.9. The van der Waals surface area contributed by atoms with E-state index in [0.29, 0.717) is 17.1 Å². The van der Waals surface area contributed by atoms with Crippen molar-refractivity contribution in [3.8, 4) is 11.5 Å². The first-order valence-corrected chi connectivity index (χ1v) is 8.96. The van der Waals surface area contributed by atoms with Crippen LogP contribution in [0.5, 0.6) is 0 Å². The second-order valence-corrected chi connectivity index (χ2v) is 6.61. The van der Waals surface area contributed by atoms with Crippen LogP contribution in [0.1, 0.15) is 5.56 Å². The molecule has 4 aromatic rings. The maximum atomic E-state index is 13.2. The van der Waals surface area contributed by atoms with Crippen molar-refractivity contribution in [2.75, 3.05) is 5.32 Å². The number of aromatic nitrogens is 3. The highest BCUT2D eigenvalue weighted by Crippen LogP contribution is 2.25. The molecule has 2 aromatic heterocycles. The molecule has 0 aliphatic carbocycles. The second-order valence-electron chi connectivity index (χ2n) is 5.89. The molecule has 0 atom stereocenters. The van der Waals surface area contributed by atoms with E-state index in [-0.39, 0.29) is 18.3 Å². The highest BCUT2D eigenvalue weighted by Gasteiger charge is 2.16. The number of para-hydroxylation sites is 2. The topological polar surface area (TPSA) is 59.8 Å². The third-order valence-electron chi connectivity index (χ3n) is 4.08. The second kappa shape index (κ2) is 6.68. The van der Waals surface area contributed by atoms with Gasteiger partial charge in [0.25, 0.3) is 0 Å². The summed E-state index contributed by atoms with van der Waals surface area (Å²) in [5, 5.41) is 4.74. The molecule has 0 saturated heterocycles. The molecule has 1 N–H and O–H groups in total. The molecule has 7 heteroatoms. The first kappa shape index (κ1) is 16.4.